The third-order valence-corrected chi connectivity index (χ3v) is 2.83. The highest BCUT2D eigenvalue weighted by Gasteiger charge is 2.16. The third-order valence-electron chi connectivity index (χ3n) is 2.83. The first-order valence-corrected chi connectivity index (χ1v) is 5.85. The van der Waals surface area contributed by atoms with Crippen LogP contribution in [-0.4, -0.2) is 30.9 Å². The van der Waals surface area contributed by atoms with E-state index in [4.69, 9.17) is 9.84 Å². The first-order valence-electron chi connectivity index (χ1n) is 5.85. The molecule has 0 fully saturated rings. The van der Waals surface area contributed by atoms with Gasteiger partial charge in [0.1, 0.15) is 5.75 Å². The maximum absolute atomic E-state index is 9.07. The van der Waals surface area contributed by atoms with Crippen molar-refractivity contribution < 1.29 is 9.84 Å². The molecule has 0 saturated carbocycles. The molecule has 1 N–H and O–H groups in total. The monoisotopic (exact) mass is 237 g/mol. The molecule has 1 rings (SSSR count). The van der Waals surface area contributed by atoms with Crippen LogP contribution in [0.4, 0.5) is 0 Å². The van der Waals surface area contributed by atoms with Crippen molar-refractivity contribution in [2.75, 3.05) is 20.9 Å². The normalized spacial score (nSPS) is 11.9. The Morgan fingerprint density at radius 3 is 2.41 bits per heavy atom. The number of methoxy groups -OCH3 is 1. The Balaban J connectivity index is 3.07. The van der Waals surface area contributed by atoms with Crippen molar-refractivity contribution in [3.05, 3.63) is 29.3 Å². The Labute approximate surface area is 104 Å². The van der Waals surface area contributed by atoms with Gasteiger partial charge in [-0.2, -0.15) is 0 Å². The summed E-state index contributed by atoms with van der Waals surface area (Å²) >= 11 is 0. The molecule has 3 heteroatoms. The van der Waals surface area contributed by atoms with Gasteiger partial charge in [-0.05, 0) is 24.1 Å². The van der Waals surface area contributed by atoms with Gasteiger partial charge < -0.3 is 9.84 Å². The molecule has 96 valence electrons. The van der Waals surface area contributed by atoms with Gasteiger partial charge in [0.15, 0.2) is 0 Å². The highest BCUT2D eigenvalue weighted by atomic mass is 16.5. The number of rotatable bonds is 4. The van der Waals surface area contributed by atoms with Gasteiger partial charge in [0.05, 0.1) is 13.8 Å². The molecule has 0 bridgehead atoms. The predicted octanol–water partition coefficient (Wildman–Crippen LogP) is 2.37. The summed E-state index contributed by atoms with van der Waals surface area (Å²) in [5, 5.41) is 9.07. The van der Waals surface area contributed by atoms with Crippen LogP contribution in [0.25, 0.3) is 0 Å². The topological polar surface area (TPSA) is 32.7 Å². The Kier molecular flexibility index (Phi) is 4.54. The summed E-state index contributed by atoms with van der Waals surface area (Å²) < 4.78 is 5.35. The van der Waals surface area contributed by atoms with Crippen LogP contribution in [0.5, 0.6) is 5.75 Å². The standard InChI is InChI=1S/C14H23NO2/c1-14(2,3)12-6-7-13(17-5)11(8-12)9-15(4)10-16/h6-8,16H,9-10H2,1-5H3. The molecule has 3 nitrogen and oxygen atoms in total. The lowest BCUT2D eigenvalue weighted by Crippen LogP contribution is -2.20. The van der Waals surface area contributed by atoms with Crippen LogP contribution in [0.15, 0.2) is 18.2 Å². The Morgan fingerprint density at radius 2 is 1.94 bits per heavy atom. The SMILES string of the molecule is COc1ccc(C(C)(C)C)cc1CN(C)CO. The highest BCUT2D eigenvalue weighted by molar-refractivity contribution is 5.39. The lowest BCUT2D eigenvalue weighted by Gasteiger charge is -2.22. The molecular formula is C14H23NO2. The van der Waals surface area contributed by atoms with Crippen molar-refractivity contribution in [2.24, 2.45) is 0 Å². The van der Waals surface area contributed by atoms with E-state index in [1.165, 1.54) is 5.56 Å². The lowest BCUT2D eigenvalue weighted by atomic mass is 9.86. The molecule has 1 aromatic carbocycles. The average Bonchev–Trinajstić information content (AvgIpc) is 2.27. The van der Waals surface area contributed by atoms with E-state index in [1.54, 1.807) is 7.11 Å². The number of nitrogens with zero attached hydrogens (tertiary/aromatic N) is 1. The molecule has 0 atom stereocenters. The molecular weight excluding hydrogens is 214 g/mol. The van der Waals surface area contributed by atoms with E-state index in [9.17, 15) is 0 Å². The summed E-state index contributed by atoms with van der Waals surface area (Å²) in [7, 11) is 3.55. The molecule has 0 amide bonds. The van der Waals surface area contributed by atoms with Crippen molar-refractivity contribution in [1.82, 2.24) is 4.90 Å². The van der Waals surface area contributed by atoms with E-state index in [2.05, 4.69) is 32.9 Å². The summed E-state index contributed by atoms with van der Waals surface area (Å²) in [4.78, 5) is 1.84. The van der Waals surface area contributed by atoms with Gasteiger partial charge in [0.25, 0.3) is 0 Å². The Hall–Kier alpha value is -1.06. The first-order chi connectivity index (χ1) is 7.88. The van der Waals surface area contributed by atoms with Crippen molar-refractivity contribution in [3.8, 4) is 5.75 Å². The second-order valence-corrected chi connectivity index (χ2v) is 5.43. The van der Waals surface area contributed by atoms with Crippen LogP contribution in [0.1, 0.15) is 31.9 Å². The van der Waals surface area contributed by atoms with Gasteiger partial charge in [-0.15, -0.1) is 0 Å². The third kappa shape index (κ3) is 3.72. The summed E-state index contributed by atoms with van der Waals surface area (Å²) in [6, 6.07) is 6.26. The van der Waals surface area contributed by atoms with Crippen LogP contribution in [-0.2, 0) is 12.0 Å². The minimum Gasteiger partial charge on any atom is -0.496 e. The van der Waals surface area contributed by atoms with Crippen molar-refractivity contribution in [1.29, 1.82) is 0 Å². The predicted molar refractivity (Wildman–Crippen MR) is 70.2 cm³/mol. The van der Waals surface area contributed by atoms with E-state index in [0.717, 1.165) is 11.3 Å². The fourth-order valence-electron chi connectivity index (χ4n) is 1.71. The molecule has 17 heavy (non-hydrogen) atoms. The highest BCUT2D eigenvalue weighted by Crippen LogP contribution is 2.28. The van der Waals surface area contributed by atoms with Crippen molar-refractivity contribution in [2.45, 2.75) is 32.7 Å². The number of benzene rings is 1. The molecule has 0 heterocycles. The van der Waals surface area contributed by atoms with Gasteiger partial charge in [-0.1, -0.05) is 32.9 Å². The van der Waals surface area contributed by atoms with Crippen LogP contribution < -0.4 is 4.74 Å². The summed E-state index contributed by atoms with van der Waals surface area (Å²) in [6.45, 7) is 7.30. The molecule has 0 aliphatic rings. The Bertz CT molecular complexity index is 369. The average molecular weight is 237 g/mol. The van der Waals surface area contributed by atoms with Crippen molar-refractivity contribution in [3.63, 3.8) is 0 Å². The summed E-state index contributed by atoms with van der Waals surface area (Å²) in [6.07, 6.45) is 0. The summed E-state index contributed by atoms with van der Waals surface area (Å²) in [5.41, 5.74) is 2.51. The molecule has 0 radical (unpaired) electrons. The quantitative estimate of drug-likeness (QED) is 0.816. The van der Waals surface area contributed by atoms with Gasteiger partial charge in [0.2, 0.25) is 0 Å². The number of aliphatic hydroxyl groups is 1. The molecule has 1 aromatic rings. The summed E-state index contributed by atoms with van der Waals surface area (Å²) in [5.74, 6) is 0.873. The maximum Gasteiger partial charge on any atom is 0.123 e. The largest absolute Gasteiger partial charge is 0.496 e. The minimum absolute atomic E-state index is 0.0445. The molecule has 0 spiro atoms. The van der Waals surface area contributed by atoms with Crippen molar-refractivity contribution >= 4 is 0 Å². The van der Waals surface area contributed by atoms with E-state index in [1.807, 2.05) is 18.0 Å². The van der Waals surface area contributed by atoms with E-state index in [0.29, 0.717) is 6.54 Å². The zero-order valence-electron chi connectivity index (χ0n) is 11.4. The second kappa shape index (κ2) is 5.52. The molecule has 0 aromatic heterocycles. The zero-order valence-corrected chi connectivity index (χ0v) is 11.4. The second-order valence-electron chi connectivity index (χ2n) is 5.43. The van der Waals surface area contributed by atoms with E-state index >= 15 is 0 Å². The molecule has 0 unspecified atom stereocenters. The van der Waals surface area contributed by atoms with Crippen LogP contribution in [0.3, 0.4) is 0 Å². The van der Waals surface area contributed by atoms with Gasteiger partial charge in [-0.25, -0.2) is 0 Å². The lowest BCUT2D eigenvalue weighted by molar-refractivity contribution is 0.126. The fourth-order valence-corrected chi connectivity index (χ4v) is 1.71. The van der Waals surface area contributed by atoms with Crippen LogP contribution >= 0.6 is 0 Å². The van der Waals surface area contributed by atoms with Gasteiger partial charge in [0, 0.05) is 12.1 Å². The maximum atomic E-state index is 9.07. The molecule has 0 saturated heterocycles. The van der Waals surface area contributed by atoms with Crippen LogP contribution in [0.2, 0.25) is 0 Å². The van der Waals surface area contributed by atoms with E-state index < -0.39 is 0 Å². The van der Waals surface area contributed by atoms with Gasteiger partial charge in [-0.3, -0.25) is 4.90 Å². The number of aliphatic hydroxyl groups excluding tert-OH is 1. The van der Waals surface area contributed by atoms with Crippen LogP contribution in [0, 0.1) is 0 Å². The molecule has 0 aliphatic heterocycles. The molecule has 0 aliphatic carbocycles. The van der Waals surface area contributed by atoms with Gasteiger partial charge >= 0.3 is 0 Å². The number of hydrogen-bond donors (Lipinski definition) is 1. The number of hydrogen-bond acceptors (Lipinski definition) is 3. The van der Waals surface area contributed by atoms with E-state index in [-0.39, 0.29) is 12.1 Å². The Morgan fingerprint density at radius 1 is 1.29 bits per heavy atom. The first kappa shape index (κ1) is 14.0. The fraction of sp³-hybridized carbons (Fsp3) is 0.571. The smallest absolute Gasteiger partial charge is 0.123 e. The number of ether oxygens (including phenoxy) is 1. The zero-order chi connectivity index (χ0) is 13.1. The minimum atomic E-state index is 0.0445.